The number of nitrogen functional groups attached to an aromatic ring is 1. The van der Waals surface area contributed by atoms with Crippen LogP contribution in [0.25, 0.3) is 0 Å². The van der Waals surface area contributed by atoms with E-state index in [4.69, 9.17) is 11.1 Å². The molecule has 3 aromatic carbocycles. The third kappa shape index (κ3) is 6.49. The molecular weight excluding hydrogens is 431 g/mol. The number of amides is 2. The quantitative estimate of drug-likeness (QED) is 0.241. The van der Waals surface area contributed by atoms with Crippen molar-refractivity contribution in [2.45, 2.75) is 25.7 Å². The molecule has 0 heterocycles. The molecule has 0 aliphatic heterocycles. The van der Waals surface area contributed by atoms with Crippen LogP contribution in [-0.4, -0.2) is 11.9 Å². The Morgan fingerprint density at radius 3 is 2.39 bits per heavy atom. The zero-order valence-electron chi connectivity index (χ0n) is 17.8. The molecule has 9 heteroatoms. The van der Waals surface area contributed by atoms with Crippen molar-refractivity contribution in [3.8, 4) is 0 Å². The van der Waals surface area contributed by atoms with Gasteiger partial charge in [-0.3, -0.25) is 5.41 Å². The fourth-order valence-electron chi connectivity index (χ4n) is 3.20. The van der Waals surface area contributed by atoms with Gasteiger partial charge in [-0.05, 0) is 60.5 Å². The topological polar surface area (TPSA) is 103 Å². The molecule has 0 bridgehead atoms. The third-order valence-corrected chi connectivity index (χ3v) is 5.00. The number of rotatable bonds is 7. The molecule has 172 valence electrons. The number of para-hydroxylation sites is 1. The molecule has 2 amide bonds. The second-order valence-corrected chi connectivity index (χ2v) is 7.45. The lowest BCUT2D eigenvalue weighted by molar-refractivity contribution is -0.137. The predicted octanol–water partition coefficient (Wildman–Crippen LogP) is 5.48. The lowest BCUT2D eigenvalue weighted by Gasteiger charge is -2.20. The first kappa shape index (κ1) is 23.6. The highest BCUT2D eigenvalue weighted by Gasteiger charge is 2.30. The molecule has 33 heavy (non-hydrogen) atoms. The van der Waals surface area contributed by atoms with E-state index in [2.05, 4.69) is 16.0 Å². The number of benzene rings is 3. The number of amidine groups is 1. The number of urea groups is 1. The molecule has 0 aromatic heterocycles. The lowest BCUT2D eigenvalue weighted by Crippen LogP contribution is -2.28. The van der Waals surface area contributed by atoms with Crippen LogP contribution < -0.4 is 21.7 Å². The van der Waals surface area contributed by atoms with E-state index in [1.165, 1.54) is 6.07 Å². The van der Waals surface area contributed by atoms with Gasteiger partial charge in [0.1, 0.15) is 5.84 Å². The molecular formula is C24H24F3N5O. The van der Waals surface area contributed by atoms with Crippen molar-refractivity contribution in [2.75, 3.05) is 10.6 Å². The Kier molecular flexibility index (Phi) is 7.22. The number of nitrogens with two attached hydrogens (primary N) is 1. The maximum Gasteiger partial charge on any atom is 0.416 e. The van der Waals surface area contributed by atoms with Crippen molar-refractivity contribution in [3.63, 3.8) is 0 Å². The molecule has 6 nitrogen and oxygen atoms in total. The summed E-state index contributed by atoms with van der Waals surface area (Å²) in [7, 11) is 0. The summed E-state index contributed by atoms with van der Waals surface area (Å²) < 4.78 is 39.1. The number of carbonyl (C=O) groups is 1. The zero-order valence-corrected chi connectivity index (χ0v) is 17.8. The molecule has 3 aromatic rings. The summed E-state index contributed by atoms with van der Waals surface area (Å²) in [5.41, 5.74) is 7.79. The van der Waals surface area contributed by atoms with Crippen LogP contribution in [0.4, 0.5) is 29.3 Å². The maximum absolute atomic E-state index is 13.0. The van der Waals surface area contributed by atoms with Crippen LogP contribution in [0, 0.1) is 5.41 Å². The van der Waals surface area contributed by atoms with E-state index in [0.29, 0.717) is 22.5 Å². The summed E-state index contributed by atoms with van der Waals surface area (Å²) in [5, 5.41) is 16.1. The van der Waals surface area contributed by atoms with Gasteiger partial charge in [0.25, 0.3) is 0 Å². The minimum atomic E-state index is -4.41. The molecule has 0 saturated heterocycles. The van der Waals surface area contributed by atoms with Crippen LogP contribution in [0.15, 0.2) is 72.8 Å². The molecule has 0 aliphatic rings. The zero-order chi connectivity index (χ0) is 24.0. The van der Waals surface area contributed by atoms with Gasteiger partial charge in [0.2, 0.25) is 0 Å². The number of anilines is 2. The number of alkyl halides is 3. The molecule has 0 radical (unpaired) electrons. The highest BCUT2D eigenvalue weighted by Crippen LogP contribution is 2.31. The molecule has 0 saturated carbocycles. The van der Waals surface area contributed by atoms with Crippen LogP contribution in [0.1, 0.15) is 35.2 Å². The summed E-state index contributed by atoms with van der Waals surface area (Å²) in [4.78, 5) is 12.3. The molecule has 0 aliphatic carbocycles. The first-order valence-electron chi connectivity index (χ1n) is 10.1. The van der Waals surface area contributed by atoms with E-state index in [1.54, 1.807) is 49.4 Å². The van der Waals surface area contributed by atoms with Crippen molar-refractivity contribution < 1.29 is 18.0 Å². The number of halogens is 3. The Bertz CT molecular complexity index is 1130. The maximum atomic E-state index is 13.0. The Balaban J connectivity index is 1.63. The monoisotopic (exact) mass is 455 g/mol. The summed E-state index contributed by atoms with van der Waals surface area (Å²) in [5.74, 6) is -0.0607. The average molecular weight is 455 g/mol. The van der Waals surface area contributed by atoms with Crippen LogP contribution in [0.3, 0.4) is 0 Å². The van der Waals surface area contributed by atoms with E-state index in [-0.39, 0.29) is 18.4 Å². The summed E-state index contributed by atoms with van der Waals surface area (Å²) in [6.07, 6.45) is -4.41. The van der Waals surface area contributed by atoms with Gasteiger partial charge in [-0.2, -0.15) is 13.2 Å². The normalized spacial score (nSPS) is 12.0. The average Bonchev–Trinajstić information content (AvgIpc) is 2.78. The molecule has 0 fully saturated rings. The van der Waals surface area contributed by atoms with E-state index < -0.39 is 17.8 Å². The third-order valence-electron chi connectivity index (χ3n) is 5.00. The molecule has 0 spiro atoms. The van der Waals surface area contributed by atoms with Gasteiger partial charge in [-0.25, -0.2) is 4.79 Å². The van der Waals surface area contributed by atoms with Crippen LogP contribution in [-0.2, 0) is 12.7 Å². The van der Waals surface area contributed by atoms with E-state index in [0.717, 1.165) is 17.7 Å². The molecule has 1 unspecified atom stereocenters. The second kappa shape index (κ2) is 10.1. The fourth-order valence-corrected chi connectivity index (χ4v) is 3.20. The first-order chi connectivity index (χ1) is 15.6. The highest BCUT2D eigenvalue weighted by atomic mass is 19.4. The summed E-state index contributed by atoms with van der Waals surface area (Å²) >= 11 is 0. The molecule has 3 rings (SSSR count). The largest absolute Gasteiger partial charge is 0.416 e. The number of carbonyl (C=O) groups excluding carboxylic acids is 1. The number of nitrogens with one attached hydrogen (secondary N) is 4. The smallest absolute Gasteiger partial charge is 0.384 e. The van der Waals surface area contributed by atoms with Gasteiger partial charge in [0.05, 0.1) is 5.56 Å². The van der Waals surface area contributed by atoms with E-state index in [1.807, 2.05) is 12.1 Å². The van der Waals surface area contributed by atoms with Crippen LogP contribution >= 0.6 is 0 Å². The lowest BCUT2D eigenvalue weighted by atomic mass is 10.0. The van der Waals surface area contributed by atoms with Crippen molar-refractivity contribution in [3.05, 3.63) is 95.1 Å². The van der Waals surface area contributed by atoms with Gasteiger partial charge in [-0.15, -0.1) is 0 Å². The fraction of sp³-hybridized carbons (Fsp3) is 0.167. The Morgan fingerprint density at radius 1 is 1.03 bits per heavy atom. The van der Waals surface area contributed by atoms with Gasteiger partial charge < -0.3 is 21.7 Å². The van der Waals surface area contributed by atoms with Crippen molar-refractivity contribution in [2.24, 2.45) is 5.73 Å². The Morgan fingerprint density at radius 2 is 1.73 bits per heavy atom. The second-order valence-electron chi connectivity index (χ2n) is 7.45. The standard InChI is InChI=1S/C24H24F3N5O/c1-15(17-6-4-7-19(13-17)24(25,26)27)31-21-8-3-2-5-18(21)14-30-23(33)32-20-11-9-16(10-12-20)22(28)29/h2-13,15,31H,14H2,1H3,(H3,28,29)(H2,30,32,33). The number of hydrogen-bond donors (Lipinski definition) is 5. The Hall–Kier alpha value is -4.01. The van der Waals surface area contributed by atoms with Crippen LogP contribution in [0.2, 0.25) is 0 Å². The van der Waals surface area contributed by atoms with Crippen molar-refractivity contribution in [1.82, 2.24) is 5.32 Å². The SMILES string of the molecule is CC(Nc1ccccc1CNC(=O)Nc1ccc(C(=N)N)cc1)c1cccc(C(F)(F)F)c1. The summed E-state index contributed by atoms with van der Waals surface area (Å²) in [6.45, 7) is 1.98. The number of hydrogen-bond acceptors (Lipinski definition) is 3. The van der Waals surface area contributed by atoms with Crippen LogP contribution in [0.5, 0.6) is 0 Å². The Labute approximate surface area is 189 Å². The molecule has 6 N–H and O–H groups in total. The van der Waals surface area contributed by atoms with Gasteiger partial charge >= 0.3 is 12.2 Å². The predicted molar refractivity (Wildman–Crippen MR) is 123 cm³/mol. The van der Waals surface area contributed by atoms with Crippen molar-refractivity contribution >= 4 is 23.2 Å². The van der Waals surface area contributed by atoms with Gasteiger partial charge in [0.15, 0.2) is 0 Å². The van der Waals surface area contributed by atoms with E-state index >= 15 is 0 Å². The summed E-state index contributed by atoms with van der Waals surface area (Å²) in [6, 6.07) is 18.2. The van der Waals surface area contributed by atoms with Crippen molar-refractivity contribution in [1.29, 1.82) is 5.41 Å². The molecule has 1 atom stereocenters. The van der Waals surface area contributed by atoms with Gasteiger partial charge in [-0.1, -0.05) is 30.3 Å². The minimum Gasteiger partial charge on any atom is -0.384 e. The minimum absolute atomic E-state index is 0.0607. The van der Waals surface area contributed by atoms with E-state index in [9.17, 15) is 18.0 Å². The van der Waals surface area contributed by atoms with Gasteiger partial charge in [0, 0.05) is 29.5 Å². The first-order valence-corrected chi connectivity index (χ1v) is 10.1. The highest BCUT2D eigenvalue weighted by molar-refractivity contribution is 5.96.